The molecule has 0 heterocycles. The molecule has 0 spiro atoms. The van der Waals surface area contributed by atoms with Crippen molar-refractivity contribution in [2.75, 3.05) is 0 Å². The fourth-order valence-corrected chi connectivity index (χ4v) is 1.28. The van der Waals surface area contributed by atoms with E-state index in [1.807, 2.05) is 0 Å². The Kier molecular flexibility index (Phi) is 2.88. The maximum Gasteiger partial charge on any atom is 0.310 e. The molecule has 0 saturated carbocycles. The Hall–Kier alpha value is -1.09. The molecule has 1 unspecified atom stereocenters. The van der Waals surface area contributed by atoms with Gasteiger partial charge in [-0.15, -0.1) is 0 Å². The fraction of sp³-hybridized carbons (Fsp3) is 0.222. The maximum absolute atomic E-state index is 12.9. The molecule has 0 bridgehead atoms. The van der Waals surface area contributed by atoms with Gasteiger partial charge in [0.2, 0.25) is 0 Å². The molecule has 0 aliphatic heterocycles. The van der Waals surface area contributed by atoms with Crippen LogP contribution in [0.25, 0.3) is 0 Å². The lowest BCUT2D eigenvalue weighted by Gasteiger charge is -2.08. The van der Waals surface area contributed by atoms with Crippen LogP contribution < -0.4 is 0 Å². The molecule has 0 radical (unpaired) electrons. The summed E-state index contributed by atoms with van der Waals surface area (Å²) in [5, 5.41) is 8.56. The van der Waals surface area contributed by atoms with Gasteiger partial charge in [0.25, 0.3) is 0 Å². The molecule has 1 aromatic rings. The molecule has 13 heavy (non-hydrogen) atoms. The van der Waals surface area contributed by atoms with Crippen molar-refractivity contribution in [1.29, 1.82) is 0 Å². The average molecular weight is 203 g/mol. The summed E-state index contributed by atoms with van der Waals surface area (Å²) in [4.78, 5) is 10.6. The van der Waals surface area contributed by atoms with E-state index in [9.17, 15) is 9.18 Å². The van der Waals surface area contributed by atoms with Gasteiger partial charge in [-0.25, -0.2) is 4.39 Å². The van der Waals surface area contributed by atoms with E-state index in [2.05, 4.69) is 0 Å². The number of rotatable bonds is 2. The van der Waals surface area contributed by atoms with Gasteiger partial charge < -0.3 is 5.11 Å². The molecule has 4 heteroatoms. The van der Waals surface area contributed by atoms with Gasteiger partial charge >= 0.3 is 5.97 Å². The third-order valence-electron chi connectivity index (χ3n) is 1.82. The minimum Gasteiger partial charge on any atom is -0.481 e. The first-order valence-corrected chi connectivity index (χ1v) is 4.08. The number of carboxylic acids is 1. The summed E-state index contributed by atoms with van der Waals surface area (Å²) in [5.74, 6) is -2.40. The molecule has 1 rings (SSSR count). The largest absolute Gasteiger partial charge is 0.481 e. The van der Waals surface area contributed by atoms with Crippen LogP contribution in [0, 0.1) is 5.82 Å². The van der Waals surface area contributed by atoms with Crippen LogP contribution in [-0.4, -0.2) is 11.1 Å². The van der Waals surface area contributed by atoms with E-state index in [0.717, 1.165) is 0 Å². The van der Waals surface area contributed by atoms with Crippen molar-refractivity contribution in [3.05, 3.63) is 34.6 Å². The Balaban J connectivity index is 3.15. The zero-order chi connectivity index (χ0) is 10.0. The molecular weight excluding hydrogens is 195 g/mol. The van der Waals surface area contributed by atoms with Crippen molar-refractivity contribution in [1.82, 2.24) is 0 Å². The van der Waals surface area contributed by atoms with Crippen molar-refractivity contribution < 1.29 is 14.3 Å². The highest BCUT2D eigenvalue weighted by Gasteiger charge is 2.18. The van der Waals surface area contributed by atoms with E-state index in [0.29, 0.717) is 5.56 Å². The molecular formula is C9H8ClFO2. The quantitative estimate of drug-likeness (QED) is 0.801. The minimum atomic E-state index is -1.02. The van der Waals surface area contributed by atoms with Gasteiger partial charge in [-0.05, 0) is 18.6 Å². The van der Waals surface area contributed by atoms with Crippen LogP contribution in [0.4, 0.5) is 4.39 Å². The van der Waals surface area contributed by atoms with Gasteiger partial charge in [-0.2, -0.15) is 0 Å². The van der Waals surface area contributed by atoms with Gasteiger partial charge in [-0.3, -0.25) is 4.79 Å². The van der Waals surface area contributed by atoms with Gasteiger partial charge in [0, 0.05) is 0 Å². The monoisotopic (exact) mass is 202 g/mol. The van der Waals surface area contributed by atoms with Crippen molar-refractivity contribution in [2.24, 2.45) is 0 Å². The molecule has 0 amide bonds. The van der Waals surface area contributed by atoms with Crippen molar-refractivity contribution >= 4 is 17.6 Å². The van der Waals surface area contributed by atoms with Crippen LogP contribution in [-0.2, 0) is 4.79 Å². The second-order valence-electron chi connectivity index (χ2n) is 2.70. The summed E-state index contributed by atoms with van der Waals surface area (Å²) < 4.78 is 12.9. The predicted octanol–water partition coefficient (Wildman–Crippen LogP) is 2.67. The van der Waals surface area contributed by atoms with Gasteiger partial charge in [-0.1, -0.05) is 23.7 Å². The molecule has 2 nitrogen and oxygen atoms in total. The Bertz CT molecular complexity index is 338. The van der Waals surface area contributed by atoms with Crippen LogP contribution in [0.5, 0.6) is 0 Å². The lowest BCUT2D eigenvalue weighted by atomic mass is 10.0. The highest BCUT2D eigenvalue weighted by Crippen LogP contribution is 2.26. The fourth-order valence-electron chi connectivity index (χ4n) is 0.988. The zero-order valence-electron chi connectivity index (χ0n) is 6.92. The average Bonchev–Trinajstić information content (AvgIpc) is 2.08. The second kappa shape index (κ2) is 3.75. The molecule has 70 valence electrons. The smallest absolute Gasteiger partial charge is 0.310 e. The molecule has 0 aromatic heterocycles. The summed E-state index contributed by atoms with van der Waals surface area (Å²) in [7, 11) is 0. The summed E-state index contributed by atoms with van der Waals surface area (Å²) >= 11 is 5.59. The molecule has 0 aliphatic carbocycles. The number of carbonyl (C=O) groups is 1. The first-order chi connectivity index (χ1) is 6.04. The number of halogens is 2. The SMILES string of the molecule is CC(C(=O)O)c1cccc(F)c1Cl. The normalized spacial score (nSPS) is 12.5. The van der Waals surface area contributed by atoms with Crippen molar-refractivity contribution in [3.8, 4) is 0 Å². The molecule has 1 N–H and O–H groups in total. The molecule has 1 atom stereocenters. The Labute approximate surface area is 80.0 Å². The van der Waals surface area contributed by atoms with Gasteiger partial charge in [0.1, 0.15) is 5.82 Å². The first kappa shape index (κ1) is 9.99. The topological polar surface area (TPSA) is 37.3 Å². The van der Waals surface area contributed by atoms with E-state index < -0.39 is 17.7 Å². The van der Waals surface area contributed by atoms with Crippen LogP contribution in [0.15, 0.2) is 18.2 Å². The highest BCUT2D eigenvalue weighted by molar-refractivity contribution is 6.31. The summed E-state index contributed by atoms with van der Waals surface area (Å²) in [5.41, 5.74) is 0.300. The highest BCUT2D eigenvalue weighted by atomic mass is 35.5. The van der Waals surface area contributed by atoms with E-state index in [1.54, 1.807) is 0 Å². The molecule has 0 saturated heterocycles. The minimum absolute atomic E-state index is 0.114. The van der Waals surface area contributed by atoms with E-state index in [-0.39, 0.29) is 5.02 Å². The summed E-state index contributed by atoms with van der Waals surface area (Å²) in [6.45, 7) is 1.46. The third-order valence-corrected chi connectivity index (χ3v) is 2.22. The van der Waals surface area contributed by atoms with Crippen molar-refractivity contribution in [3.63, 3.8) is 0 Å². The Morgan fingerprint density at radius 3 is 2.77 bits per heavy atom. The number of hydrogen-bond donors (Lipinski definition) is 1. The van der Waals surface area contributed by atoms with E-state index >= 15 is 0 Å². The van der Waals surface area contributed by atoms with Crippen LogP contribution in [0.2, 0.25) is 5.02 Å². The lowest BCUT2D eigenvalue weighted by Crippen LogP contribution is -2.08. The number of hydrogen-bond acceptors (Lipinski definition) is 1. The maximum atomic E-state index is 12.9. The van der Waals surface area contributed by atoms with Crippen LogP contribution in [0.1, 0.15) is 18.4 Å². The van der Waals surface area contributed by atoms with Gasteiger partial charge in [0.05, 0.1) is 10.9 Å². The molecule has 1 aromatic carbocycles. The van der Waals surface area contributed by atoms with Gasteiger partial charge in [0.15, 0.2) is 0 Å². The standard InChI is InChI=1S/C9H8ClFO2/c1-5(9(12)13)6-3-2-4-7(11)8(6)10/h2-5H,1H3,(H,12,13). The van der Waals surface area contributed by atoms with Crippen molar-refractivity contribution in [2.45, 2.75) is 12.8 Å². The molecule has 0 aliphatic rings. The number of benzene rings is 1. The van der Waals surface area contributed by atoms with E-state index in [4.69, 9.17) is 16.7 Å². The lowest BCUT2D eigenvalue weighted by molar-refractivity contribution is -0.138. The molecule has 0 fully saturated rings. The summed E-state index contributed by atoms with van der Waals surface area (Å²) in [6, 6.07) is 4.14. The first-order valence-electron chi connectivity index (χ1n) is 3.70. The number of aliphatic carboxylic acids is 1. The third kappa shape index (κ3) is 1.98. The van der Waals surface area contributed by atoms with Crippen LogP contribution in [0.3, 0.4) is 0 Å². The Morgan fingerprint density at radius 1 is 1.62 bits per heavy atom. The summed E-state index contributed by atoms with van der Waals surface area (Å²) in [6.07, 6.45) is 0. The van der Waals surface area contributed by atoms with E-state index in [1.165, 1.54) is 25.1 Å². The van der Waals surface area contributed by atoms with Crippen LogP contribution >= 0.6 is 11.6 Å². The predicted molar refractivity (Wildman–Crippen MR) is 47.5 cm³/mol. The second-order valence-corrected chi connectivity index (χ2v) is 3.08. The number of carboxylic acid groups (broad SMARTS) is 1. The zero-order valence-corrected chi connectivity index (χ0v) is 7.68. The Morgan fingerprint density at radius 2 is 2.23 bits per heavy atom.